The van der Waals surface area contributed by atoms with Gasteiger partial charge in [-0.25, -0.2) is 0 Å². The van der Waals surface area contributed by atoms with Gasteiger partial charge in [0.2, 0.25) is 11.5 Å². The van der Waals surface area contributed by atoms with Crippen LogP contribution in [0.2, 0.25) is 0 Å². The summed E-state index contributed by atoms with van der Waals surface area (Å²) in [5.41, 5.74) is 15.1. The van der Waals surface area contributed by atoms with Gasteiger partial charge in [0.1, 0.15) is 11.5 Å². The van der Waals surface area contributed by atoms with Crippen LogP contribution in [-0.4, -0.2) is 28.4 Å². The molecule has 0 heterocycles. The lowest BCUT2D eigenvalue weighted by atomic mass is 9.89. The number of hydrogen-bond acceptors (Lipinski definition) is 8. The number of hydrogen-bond donors (Lipinski definition) is 2. The number of rotatable bonds is 13. The first-order valence-corrected chi connectivity index (χ1v) is 13.5. The molecule has 0 fully saturated rings. The van der Waals surface area contributed by atoms with Crippen molar-refractivity contribution in [2.75, 3.05) is 39.9 Å². The quantitative estimate of drug-likeness (QED) is 0.162. The van der Waals surface area contributed by atoms with E-state index >= 15 is 0 Å². The zero-order valence-electron chi connectivity index (χ0n) is 24.2. The van der Waals surface area contributed by atoms with Crippen LogP contribution < -0.4 is 39.9 Å². The average Bonchev–Trinajstić information content (AvgIpc) is 3.00. The summed E-state index contributed by atoms with van der Waals surface area (Å²) in [6, 6.07) is 22.4. The van der Waals surface area contributed by atoms with E-state index in [2.05, 4.69) is 6.92 Å². The Hall–Kier alpha value is -4.72. The molecule has 41 heavy (non-hydrogen) atoms. The lowest BCUT2D eigenvalue weighted by molar-refractivity contribution is 0.344. The van der Waals surface area contributed by atoms with Gasteiger partial charge in [0.05, 0.1) is 28.4 Å². The summed E-state index contributed by atoms with van der Waals surface area (Å²) in [7, 11) is 6.50. The van der Waals surface area contributed by atoms with Crippen LogP contribution >= 0.6 is 0 Å². The Morgan fingerprint density at radius 1 is 0.585 bits per heavy atom. The molecule has 0 bridgehead atoms. The van der Waals surface area contributed by atoms with Gasteiger partial charge in [-0.2, -0.15) is 0 Å². The summed E-state index contributed by atoms with van der Waals surface area (Å²) in [5, 5.41) is 0. The molecular weight excluding hydrogens is 520 g/mol. The van der Waals surface area contributed by atoms with E-state index < -0.39 is 0 Å². The number of benzene rings is 4. The molecule has 1 atom stereocenters. The maximum atomic E-state index is 6.13. The molecule has 0 spiro atoms. The van der Waals surface area contributed by atoms with E-state index in [-0.39, 0.29) is 5.92 Å². The predicted molar refractivity (Wildman–Crippen MR) is 162 cm³/mol. The van der Waals surface area contributed by atoms with Crippen LogP contribution in [-0.2, 0) is 6.42 Å². The summed E-state index contributed by atoms with van der Waals surface area (Å²) in [4.78, 5) is 0. The van der Waals surface area contributed by atoms with Crippen molar-refractivity contribution in [3.8, 4) is 46.0 Å². The van der Waals surface area contributed by atoms with Crippen LogP contribution in [0.5, 0.6) is 46.0 Å². The van der Waals surface area contributed by atoms with Crippen molar-refractivity contribution >= 4 is 11.4 Å². The molecule has 4 aromatic rings. The number of nitrogen functional groups attached to an aromatic ring is 2. The third-order valence-corrected chi connectivity index (χ3v) is 6.95. The van der Waals surface area contributed by atoms with E-state index in [9.17, 15) is 0 Å². The summed E-state index contributed by atoms with van der Waals surface area (Å²) in [6.45, 7) is 2.17. The molecule has 1 unspecified atom stereocenters. The van der Waals surface area contributed by atoms with Crippen LogP contribution in [0.1, 0.15) is 36.8 Å². The summed E-state index contributed by atoms with van der Waals surface area (Å²) < 4.78 is 35.1. The van der Waals surface area contributed by atoms with Gasteiger partial charge in [-0.3, -0.25) is 0 Å². The summed E-state index contributed by atoms with van der Waals surface area (Å²) >= 11 is 0. The smallest absolute Gasteiger partial charge is 0.211 e. The molecule has 8 heteroatoms. The van der Waals surface area contributed by atoms with Gasteiger partial charge >= 0.3 is 0 Å². The van der Waals surface area contributed by atoms with Gasteiger partial charge in [0.15, 0.2) is 23.0 Å². The lowest BCUT2D eigenvalue weighted by Crippen LogP contribution is -2.04. The molecule has 0 aliphatic heterocycles. The third kappa shape index (κ3) is 7.08. The largest absolute Gasteiger partial charge is 0.493 e. The topological polar surface area (TPSA) is 107 Å². The first kappa shape index (κ1) is 29.3. The average molecular weight is 559 g/mol. The van der Waals surface area contributed by atoms with Crippen molar-refractivity contribution in [2.45, 2.75) is 32.1 Å². The molecular formula is C33H38N2O6. The Kier molecular flexibility index (Phi) is 9.68. The van der Waals surface area contributed by atoms with Crippen LogP contribution in [0.25, 0.3) is 0 Å². The highest BCUT2D eigenvalue weighted by atomic mass is 16.5. The van der Waals surface area contributed by atoms with E-state index in [4.69, 9.17) is 39.9 Å². The number of anilines is 2. The second kappa shape index (κ2) is 13.6. The zero-order valence-corrected chi connectivity index (χ0v) is 24.2. The third-order valence-electron chi connectivity index (χ3n) is 6.95. The molecule has 216 valence electrons. The van der Waals surface area contributed by atoms with Gasteiger partial charge in [-0.05, 0) is 109 Å². The van der Waals surface area contributed by atoms with Crippen molar-refractivity contribution in [3.05, 3.63) is 83.9 Å². The Balaban J connectivity index is 1.56. The minimum Gasteiger partial charge on any atom is -0.493 e. The highest BCUT2D eigenvalue weighted by Gasteiger charge is 2.21. The molecule has 0 amide bonds. The number of nitrogens with two attached hydrogens (primary N) is 2. The maximum absolute atomic E-state index is 6.13. The first-order valence-electron chi connectivity index (χ1n) is 13.5. The van der Waals surface area contributed by atoms with Crippen molar-refractivity contribution in [3.63, 3.8) is 0 Å². The van der Waals surface area contributed by atoms with Crippen molar-refractivity contribution in [2.24, 2.45) is 0 Å². The molecule has 0 saturated heterocycles. The lowest BCUT2D eigenvalue weighted by Gasteiger charge is -2.21. The van der Waals surface area contributed by atoms with Crippen molar-refractivity contribution in [1.29, 1.82) is 0 Å². The zero-order chi connectivity index (χ0) is 29.4. The molecule has 0 saturated carbocycles. The van der Waals surface area contributed by atoms with Gasteiger partial charge in [0.25, 0.3) is 0 Å². The van der Waals surface area contributed by atoms with Crippen molar-refractivity contribution < 1.29 is 28.4 Å². The van der Waals surface area contributed by atoms with Crippen LogP contribution in [0, 0.1) is 0 Å². The Morgan fingerprint density at radius 2 is 0.976 bits per heavy atom. The fourth-order valence-corrected chi connectivity index (χ4v) is 4.67. The molecule has 0 radical (unpaired) electrons. The van der Waals surface area contributed by atoms with Gasteiger partial charge in [-0.15, -0.1) is 0 Å². The predicted octanol–water partition coefficient (Wildman–Crippen LogP) is 7.60. The van der Waals surface area contributed by atoms with Crippen LogP contribution in [0.15, 0.2) is 72.8 Å². The second-order valence-corrected chi connectivity index (χ2v) is 9.57. The molecule has 0 aliphatic rings. The van der Waals surface area contributed by atoms with Crippen molar-refractivity contribution in [1.82, 2.24) is 0 Å². The number of aryl methyl sites for hydroxylation is 1. The molecule has 4 N–H and O–H groups in total. The van der Waals surface area contributed by atoms with Crippen LogP contribution in [0.4, 0.5) is 11.4 Å². The Bertz CT molecular complexity index is 1390. The minimum atomic E-state index is 0.242. The van der Waals surface area contributed by atoms with E-state index in [1.165, 1.54) is 0 Å². The molecule has 4 rings (SSSR count). The Morgan fingerprint density at radius 3 is 1.34 bits per heavy atom. The fraction of sp³-hybridized carbons (Fsp3) is 0.273. The molecule has 0 aromatic heterocycles. The van der Waals surface area contributed by atoms with Gasteiger partial charge < -0.3 is 39.9 Å². The monoisotopic (exact) mass is 558 g/mol. The summed E-state index contributed by atoms with van der Waals surface area (Å²) in [5.74, 6) is 4.94. The summed E-state index contributed by atoms with van der Waals surface area (Å²) in [6.07, 6.45) is 2.60. The molecule has 4 aromatic carbocycles. The van der Waals surface area contributed by atoms with Gasteiger partial charge in [-0.1, -0.05) is 6.92 Å². The van der Waals surface area contributed by atoms with Gasteiger partial charge in [0, 0.05) is 11.4 Å². The normalized spacial score (nSPS) is 11.4. The number of ether oxygens (including phenoxy) is 6. The van der Waals surface area contributed by atoms with E-state index in [0.717, 1.165) is 30.4 Å². The highest BCUT2D eigenvalue weighted by Crippen LogP contribution is 2.45. The molecule has 0 aliphatic carbocycles. The second-order valence-electron chi connectivity index (χ2n) is 9.57. The number of methoxy groups -OCH3 is 4. The first-order chi connectivity index (χ1) is 19.9. The van der Waals surface area contributed by atoms with Crippen LogP contribution in [0.3, 0.4) is 0 Å². The standard InChI is InChI=1S/C33H38N2O6/c1-6-22(23-19-30(38-4)33(31(20-23)39-5)41-27-15-11-25(35)12-16-27)8-7-21-17-28(36-2)32(29(18-21)37-3)40-26-13-9-24(34)10-14-26/h9-20,22H,6-8,34-35H2,1-5H3. The molecule has 8 nitrogen and oxygen atoms in total. The van der Waals surface area contributed by atoms with E-state index in [1.807, 2.05) is 48.5 Å². The van der Waals surface area contributed by atoms with E-state index in [1.54, 1.807) is 52.7 Å². The minimum absolute atomic E-state index is 0.242. The Labute approximate surface area is 241 Å². The fourth-order valence-electron chi connectivity index (χ4n) is 4.67. The van der Waals surface area contributed by atoms with E-state index in [0.29, 0.717) is 57.4 Å². The SMILES string of the molecule is CCC(CCc1cc(OC)c(Oc2ccc(N)cc2)c(OC)c1)c1cc(OC)c(Oc2ccc(N)cc2)c(OC)c1. The maximum Gasteiger partial charge on any atom is 0.211 e. The highest BCUT2D eigenvalue weighted by molar-refractivity contribution is 5.58.